The first kappa shape index (κ1) is 17.2. The van der Waals surface area contributed by atoms with Gasteiger partial charge in [-0.15, -0.1) is 0 Å². The first-order chi connectivity index (χ1) is 7.88. The Morgan fingerprint density at radius 1 is 1.22 bits per heavy atom. The van der Waals surface area contributed by atoms with Crippen LogP contribution in [0, 0.1) is 5.41 Å². The fourth-order valence-electron chi connectivity index (χ4n) is 0.675. The molecule has 0 bridgehead atoms. The number of halogens is 2. The van der Waals surface area contributed by atoms with Crippen molar-refractivity contribution >= 4 is 16.1 Å². The van der Waals surface area contributed by atoms with Gasteiger partial charge in [-0.1, -0.05) is 0 Å². The summed E-state index contributed by atoms with van der Waals surface area (Å²) in [6.45, 7) is 2.66. The Hall–Kier alpha value is -0.800. The fourth-order valence-corrected chi connectivity index (χ4v) is 0.908. The Balaban J connectivity index is 3.94. The van der Waals surface area contributed by atoms with Crippen LogP contribution in [0.15, 0.2) is 0 Å². The van der Waals surface area contributed by atoms with E-state index in [0.717, 1.165) is 0 Å². The molecule has 1 N–H and O–H groups in total. The Morgan fingerprint density at radius 3 is 2.11 bits per heavy atom. The number of alkyl halides is 2. The van der Waals surface area contributed by atoms with Crippen molar-refractivity contribution in [1.82, 2.24) is 0 Å². The molecule has 0 aromatic heterocycles. The Labute approximate surface area is 104 Å². The summed E-state index contributed by atoms with van der Waals surface area (Å²) in [5.74, 6) is -0.535. The lowest BCUT2D eigenvalue weighted by Gasteiger charge is -2.17. The molecule has 0 rings (SSSR count). The van der Waals surface area contributed by atoms with E-state index in [4.69, 9.17) is 4.55 Å². The summed E-state index contributed by atoms with van der Waals surface area (Å²) in [5.41, 5.74) is -0.724. The Kier molecular flexibility index (Phi) is 5.63. The largest absolute Gasteiger partial charge is 0.463 e. The van der Waals surface area contributed by atoms with E-state index in [0.29, 0.717) is 0 Å². The van der Waals surface area contributed by atoms with E-state index in [1.165, 1.54) is 0 Å². The number of rotatable bonds is 6. The molecule has 108 valence electrons. The molecular weight excluding hydrogens is 274 g/mol. The second-order valence-corrected chi connectivity index (χ2v) is 6.10. The molecule has 0 saturated carbocycles. The van der Waals surface area contributed by atoms with Gasteiger partial charge in [0.2, 0.25) is 0 Å². The molecule has 0 aromatic carbocycles. The van der Waals surface area contributed by atoms with Crippen LogP contribution in [0.4, 0.5) is 8.78 Å². The van der Waals surface area contributed by atoms with Gasteiger partial charge in [0.25, 0.3) is 0 Å². The highest BCUT2D eigenvalue weighted by Gasteiger charge is 2.44. The molecule has 6 nitrogen and oxygen atoms in total. The summed E-state index contributed by atoms with van der Waals surface area (Å²) in [7, 11) is -5.50. The number of hydrogen-bond acceptors (Lipinski definition) is 5. The standard InChI is InChI=1S/C9H16F2O6S/c1-8(2,3)7(12)17-5-4-16-6-9(10,11)18(13,14)15/h4-6H2,1-3H3,(H,13,14,15). The van der Waals surface area contributed by atoms with Crippen molar-refractivity contribution in [1.29, 1.82) is 0 Å². The average Bonchev–Trinajstić information content (AvgIpc) is 2.13. The zero-order chi connectivity index (χ0) is 14.6. The van der Waals surface area contributed by atoms with E-state index in [2.05, 4.69) is 9.47 Å². The number of ether oxygens (including phenoxy) is 2. The van der Waals surface area contributed by atoms with Gasteiger partial charge in [0.15, 0.2) is 0 Å². The SMILES string of the molecule is CC(C)(C)C(=O)OCCOCC(F)(F)S(=O)(=O)O. The van der Waals surface area contributed by atoms with E-state index >= 15 is 0 Å². The predicted octanol–water partition coefficient (Wildman–Crippen LogP) is 1.07. The first-order valence-electron chi connectivity index (χ1n) is 4.98. The molecule has 0 heterocycles. The van der Waals surface area contributed by atoms with Crippen molar-refractivity contribution in [2.75, 3.05) is 19.8 Å². The molecule has 9 heteroatoms. The topological polar surface area (TPSA) is 89.9 Å². The van der Waals surface area contributed by atoms with Crippen molar-refractivity contribution in [2.45, 2.75) is 26.0 Å². The predicted molar refractivity (Wildman–Crippen MR) is 57.7 cm³/mol. The minimum atomic E-state index is -5.50. The minimum absolute atomic E-state index is 0.280. The van der Waals surface area contributed by atoms with E-state index in [9.17, 15) is 22.0 Å². The maximum absolute atomic E-state index is 12.6. The third-order valence-corrected chi connectivity index (χ3v) is 2.59. The molecule has 0 aliphatic rings. The summed E-state index contributed by atoms with van der Waals surface area (Å²) in [4.78, 5) is 11.2. The van der Waals surface area contributed by atoms with Crippen molar-refractivity contribution < 1.29 is 36.0 Å². The van der Waals surface area contributed by atoms with E-state index in [-0.39, 0.29) is 6.61 Å². The lowest BCUT2D eigenvalue weighted by atomic mass is 9.97. The third kappa shape index (κ3) is 5.69. The molecule has 0 atom stereocenters. The molecule has 0 fully saturated rings. The van der Waals surface area contributed by atoms with Crippen LogP contribution in [-0.4, -0.2) is 44.0 Å². The van der Waals surface area contributed by atoms with Crippen molar-refractivity contribution in [2.24, 2.45) is 5.41 Å². The van der Waals surface area contributed by atoms with Crippen LogP contribution in [0.3, 0.4) is 0 Å². The summed E-state index contributed by atoms with van der Waals surface area (Å²) in [5, 5.41) is -4.37. The van der Waals surface area contributed by atoms with E-state index in [1.807, 2.05) is 0 Å². The van der Waals surface area contributed by atoms with E-state index in [1.54, 1.807) is 20.8 Å². The van der Waals surface area contributed by atoms with Gasteiger partial charge in [-0.05, 0) is 20.8 Å². The minimum Gasteiger partial charge on any atom is -0.463 e. The number of carbonyl (C=O) groups excluding carboxylic acids is 1. The number of carbonyl (C=O) groups is 1. The van der Waals surface area contributed by atoms with Gasteiger partial charge in [0.05, 0.1) is 12.0 Å². The highest BCUT2D eigenvalue weighted by atomic mass is 32.2. The molecular formula is C9H16F2O6S. The van der Waals surface area contributed by atoms with E-state index < -0.39 is 40.0 Å². The van der Waals surface area contributed by atoms with Gasteiger partial charge in [0.1, 0.15) is 13.2 Å². The number of esters is 1. The van der Waals surface area contributed by atoms with Crippen LogP contribution >= 0.6 is 0 Å². The van der Waals surface area contributed by atoms with Crippen LogP contribution in [0.2, 0.25) is 0 Å². The molecule has 0 spiro atoms. The molecule has 0 aliphatic carbocycles. The molecule has 0 radical (unpaired) electrons. The van der Waals surface area contributed by atoms with Crippen LogP contribution in [0.25, 0.3) is 0 Å². The Bertz CT molecular complexity index is 384. The maximum atomic E-state index is 12.6. The van der Waals surface area contributed by atoms with Gasteiger partial charge >= 0.3 is 21.3 Å². The van der Waals surface area contributed by atoms with Gasteiger partial charge < -0.3 is 9.47 Å². The van der Waals surface area contributed by atoms with Crippen molar-refractivity contribution in [3.63, 3.8) is 0 Å². The maximum Gasteiger partial charge on any atom is 0.392 e. The summed E-state index contributed by atoms with van der Waals surface area (Å²) >= 11 is 0. The van der Waals surface area contributed by atoms with Crippen LogP contribution in [0.1, 0.15) is 20.8 Å². The van der Waals surface area contributed by atoms with Crippen molar-refractivity contribution in [3.8, 4) is 0 Å². The molecule has 18 heavy (non-hydrogen) atoms. The van der Waals surface area contributed by atoms with Crippen molar-refractivity contribution in [3.05, 3.63) is 0 Å². The van der Waals surface area contributed by atoms with Gasteiger partial charge in [-0.3, -0.25) is 9.35 Å². The zero-order valence-corrected chi connectivity index (χ0v) is 11.1. The second kappa shape index (κ2) is 5.89. The quantitative estimate of drug-likeness (QED) is 0.447. The highest BCUT2D eigenvalue weighted by molar-refractivity contribution is 7.86. The molecule has 0 aliphatic heterocycles. The fraction of sp³-hybridized carbons (Fsp3) is 0.889. The summed E-state index contributed by atoms with van der Waals surface area (Å²) in [6.07, 6.45) is 0. The van der Waals surface area contributed by atoms with Gasteiger partial charge in [0, 0.05) is 0 Å². The zero-order valence-electron chi connectivity index (χ0n) is 10.3. The van der Waals surface area contributed by atoms with Crippen LogP contribution in [-0.2, 0) is 24.4 Å². The molecule has 0 aromatic rings. The lowest BCUT2D eigenvalue weighted by Crippen LogP contribution is -2.34. The smallest absolute Gasteiger partial charge is 0.392 e. The summed E-state index contributed by atoms with van der Waals surface area (Å²) < 4.78 is 62.8. The Morgan fingerprint density at radius 2 is 1.72 bits per heavy atom. The third-order valence-electron chi connectivity index (χ3n) is 1.72. The highest BCUT2D eigenvalue weighted by Crippen LogP contribution is 2.20. The second-order valence-electron chi connectivity index (χ2n) is 4.55. The van der Waals surface area contributed by atoms with Gasteiger partial charge in [-0.2, -0.15) is 17.2 Å². The first-order valence-corrected chi connectivity index (χ1v) is 6.42. The monoisotopic (exact) mass is 290 g/mol. The van der Waals surface area contributed by atoms with Crippen LogP contribution < -0.4 is 0 Å². The molecule has 0 unspecified atom stereocenters. The van der Waals surface area contributed by atoms with Gasteiger partial charge in [-0.25, -0.2) is 0 Å². The summed E-state index contributed by atoms with van der Waals surface area (Å²) in [6, 6.07) is 0. The average molecular weight is 290 g/mol. The lowest BCUT2D eigenvalue weighted by molar-refractivity contribution is -0.155. The normalized spacial score (nSPS) is 13.4. The molecule has 0 amide bonds. The van der Waals surface area contributed by atoms with Crippen LogP contribution in [0.5, 0.6) is 0 Å². The number of hydrogen-bond donors (Lipinski definition) is 1. The molecule has 0 saturated heterocycles.